The zero-order chi connectivity index (χ0) is 22.8. The van der Waals surface area contributed by atoms with Gasteiger partial charge in [-0.3, -0.25) is 0 Å². The number of hydrogen-bond donors (Lipinski definition) is 0. The smallest absolute Gasteiger partial charge is 0.123 e. The molecular formula is C29H36O2. The van der Waals surface area contributed by atoms with E-state index in [0.29, 0.717) is 19.1 Å². The highest BCUT2D eigenvalue weighted by molar-refractivity contribution is 5.67. The van der Waals surface area contributed by atoms with E-state index in [1.807, 2.05) is 45.0 Å². The fourth-order valence-corrected chi connectivity index (χ4v) is 3.44. The van der Waals surface area contributed by atoms with E-state index in [-0.39, 0.29) is 0 Å². The lowest BCUT2D eigenvalue weighted by molar-refractivity contribution is 0.290. The van der Waals surface area contributed by atoms with Gasteiger partial charge in [-0.1, -0.05) is 88.4 Å². The Morgan fingerprint density at radius 3 is 2.00 bits per heavy atom. The summed E-state index contributed by atoms with van der Waals surface area (Å²) in [5.41, 5.74) is 7.11. The molecule has 0 radical (unpaired) electrons. The highest BCUT2D eigenvalue weighted by Gasteiger charge is 2.08. The molecule has 0 amide bonds. The molecule has 3 aromatic carbocycles. The van der Waals surface area contributed by atoms with Crippen LogP contribution in [-0.2, 0) is 13.2 Å². The molecule has 0 saturated heterocycles. The third-order valence-electron chi connectivity index (χ3n) is 5.04. The van der Waals surface area contributed by atoms with Crippen molar-refractivity contribution in [2.24, 2.45) is 0 Å². The average molecular weight is 417 g/mol. The van der Waals surface area contributed by atoms with Crippen molar-refractivity contribution in [2.75, 3.05) is 0 Å². The van der Waals surface area contributed by atoms with Gasteiger partial charge in [-0.25, -0.2) is 0 Å². The second-order valence-electron chi connectivity index (χ2n) is 7.84. The van der Waals surface area contributed by atoms with Gasteiger partial charge in [0.1, 0.15) is 24.7 Å². The molecule has 0 bridgehead atoms. The first-order chi connectivity index (χ1) is 14.9. The predicted molar refractivity (Wildman–Crippen MR) is 133 cm³/mol. The summed E-state index contributed by atoms with van der Waals surface area (Å²) in [5, 5.41) is 0. The molecule has 2 nitrogen and oxygen atoms in total. The molecule has 2 heteroatoms. The molecule has 31 heavy (non-hydrogen) atoms. The number of rotatable bonds is 8. The van der Waals surface area contributed by atoms with Gasteiger partial charge < -0.3 is 9.47 Å². The lowest BCUT2D eigenvalue weighted by atomic mass is 9.97. The zero-order valence-electron chi connectivity index (χ0n) is 19.9. The number of ether oxygens (including phenoxy) is 2. The van der Waals surface area contributed by atoms with E-state index in [1.165, 1.54) is 16.7 Å². The topological polar surface area (TPSA) is 18.5 Å². The third kappa shape index (κ3) is 7.03. The van der Waals surface area contributed by atoms with Crippen LogP contribution >= 0.6 is 0 Å². The Labute approximate surface area is 188 Å². The standard InChI is InChI=1S/C27H30O2.C2H6/c1-19(2)23-14-12-22(13-15-23)17-28-25-10-7-11-26(16-25)29-18-24-9-6-8-21(5)27(24)20(3)4;1-2/h6-16,19H,3,17-18H2,1-2,4-5H3;1-2H3. The normalized spacial score (nSPS) is 10.3. The minimum absolute atomic E-state index is 0.504. The minimum atomic E-state index is 0.504. The molecule has 0 aromatic heterocycles. The summed E-state index contributed by atoms with van der Waals surface area (Å²) >= 11 is 0. The van der Waals surface area contributed by atoms with Gasteiger partial charge in [0.05, 0.1) is 0 Å². The van der Waals surface area contributed by atoms with Crippen LogP contribution in [0.1, 0.15) is 68.4 Å². The van der Waals surface area contributed by atoms with Crippen LogP contribution < -0.4 is 9.47 Å². The fourth-order valence-electron chi connectivity index (χ4n) is 3.44. The Bertz CT molecular complexity index is 968. The molecule has 0 fully saturated rings. The van der Waals surface area contributed by atoms with Crippen LogP contribution in [-0.4, -0.2) is 0 Å². The number of aryl methyl sites for hydroxylation is 1. The van der Waals surface area contributed by atoms with Gasteiger partial charge in [-0.15, -0.1) is 0 Å². The number of benzene rings is 3. The van der Waals surface area contributed by atoms with Crippen LogP contribution in [0.15, 0.2) is 73.3 Å². The molecule has 164 valence electrons. The first-order valence-corrected chi connectivity index (χ1v) is 11.1. The second-order valence-corrected chi connectivity index (χ2v) is 7.84. The molecule has 0 atom stereocenters. The van der Waals surface area contributed by atoms with Crippen LogP contribution in [0.3, 0.4) is 0 Å². The maximum absolute atomic E-state index is 6.05. The van der Waals surface area contributed by atoms with Crippen molar-refractivity contribution >= 4 is 5.57 Å². The lowest BCUT2D eigenvalue weighted by Gasteiger charge is -2.14. The van der Waals surface area contributed by atoms with Crippen molar-refractivity contribution in [1.29, 1.82) is 0 Å². The Morgan fingerprint density at radius 2 is 1.42 bits per heavy atom. The predicted octanol–water partition coefficient (Wildman–Crippen LogP) is 8.34. The van der Waals surface area contributed by atoms with Crippen molar-refractivity contribution in [1.82, 2.24) is 0 Å². The molecule has 0 aliphatic carbocycles. The maximum Gasteiger partial charge on any atom is 0.123 e. The van der Waals surface area contributed by atoms with E-state index in [2.05, 4.69) is 69.8 Å². The summed E-state index contributed by atoms with van der Waals surface area (Å²) in [6.45, 7) is 17.7. The van der Waals surface area contributed by atoms with Crippen LogP contribution in [0.2, 0.25) is 0 Å². The molecule has 3 rings (SSSR count). The van der Waals surface area contributed by atoms with Crippen molar-refractivity contribution in [3.05, 3.63) is 101 Å². The van der Waals surface area contributed by atoms with Gasteiger partial charge in [0.25, 0.3) is 0 Å². The van der Waals surface area contributed by atoms with E-state index in [4.69, 9.17) is 9.47 Å². The van der Waals surface area contributed by atoms with Gasteiger partial charge in [-0.05, 0) is 59.7 Å². The molecular weight excluding hydrogens is 380 g/mol. The molecule has 3 aromatic rings. The second kappa shape index (κ2) is 12.0. The molecule has 0 heterocycles. The SMILES string of the molecule is C=C(C)c1c(C)cccc1COc1cccc(OCc2ccc(C(C)C)cc2)c1.CC. The largest absolute Gasteiger partial charge is 0.489 e. The Morgan fingerprint density at radius 1 is 0.839 bits per heavy atom. The Hall–Kier alpha value is -3.00. The first-order valence-electron chi connectivity index (χ1n) is 11.1. The summed E-state index contributed by atoms with van der Waals surface area (Å²) in [7, 11) is 0. The molecule has 0 unspecified atom stereocenters. The lowest BCUT2D eigenvalue weighted by Crippen LogP contribution is -2.01. The average Bonchev–Trinajstić information content (AvgIpc) is 2.78. The molecule has 0 N–H and O–H groups in total. The number of hydrogen-bond acceptors (Lipinski definition) is 2. The van der Waals surface area contributed by atoms with Gasteiger partial charge in [0, 0.05) is 6.07 Å². The molecule has 0 aliphatic heterocycles. The molecule has 0 saturated carbocycles. The monoisotopic (exact) mass is 416 g/mol. The summed E-state index contributed by atoms with van der Waals surface area (Å²) in [4.78, 5) is 0. The highest BCUT2D eigenvalue weighted by atomic mass is 16.5. The minimum Gasteiger partial charge on any atom is -0.489 e. The molecule has 0 spiro atoms. The van der Waals surface area contributed by atoms with Crippen molar-refractivity contribution in [2.45, 2.75) is 60.7 Å². The Balaban J connectivity index is 0.00000166. The summed E-state index contributed by atoms with van der Waals surface area (Å²) in [5.74, 6) is 2.14. The van der Waals surface area contributed by atoms with Gasteiger partial charge in [0.15, 0.2) is 0 Å². The summed E-state index contributed by atoms with van der Waals surface area (Å²) in [6, 6.07) is 22.7. The van der Waals surface area contributed by atoms with E-state index in [1.54, 1.807) is 0 Å². The molecule has 0 aliphatic rings. The fraction of sp³-hybridized carbons (Fsp3) is 0.310. The van der Waals surface area contributed by atoms with Crippen LogP contribution in [0.25, 0.3) is 5.57 Å². The van der Waals surface area contributed by atoms with E-state index < -0.39 is 0 Å². The zero-order valence-corrected chi connectivity index (χ0v) is 19.9. The van der Waals surface area contributed by atoms with Crippen molar-refractivity contribution in [3.63, 3.8) is 0 Å². The van der Waals surface area contributed by atoms with Crippen molar-refractivity contribution in [3.8, 4) is 11.5 Å². The maximum atomic E-state index is 6.05. The van der Waals surface area contributed by atoms with E-state index >= 15 is 0 Å². The van der Waals surface area contributed by atoms with E-state index in [9.17, 15) is 0 Å². The number of allylic oxidation sites excluding steroid dienone is 1. The first kappa shape index (κ1) is 24.3. The highest BCUT2D eigenvalue weighted by Crippen LogP contribution is 2.25. The van der Waals surface area contributed by atoms with Gasteiger partial charge >= 0.3 is 0 Å². The van der Waals surface area contributed by atoms with Crippen LogP contribution in [0, 0.1) is 6.92 Å². The van der Waals surface area contributed by atoms with Gasteiger partial charge in [-0.2, -0.15) is 0 Å². The quantitative estimate of drug-likeness (QED) is 0.367. The summed E-state index contributed by atoms with van der Waals surface area (Å²) < 4.78 is 12.0. The third-order valence-corrected chi connectivity index (χ3v) is 5.04. The Kier molecular flexibility index (Phi) is 9.40. The van der Waals surface area contributed by atoms with E-state index in [0.717, 1.165) is 28.2 Å². The van der Waals surface area contributed by atoms with Crippen LogP contribution in [0.5, 0.6) is 11.5 Å². The summed E-state index contributed by atoms with van der Waals surface area (Å²) in [6.07, 6.45) is 0. The van der Waals surface area contributed by atoms with Crippen LogP contribution in [0.4, 0.5) is 0 Å². The van der Waals surface area contributed by atoms with Gasteiger partial charge in [0.2, 0.25) is 0 Å². The van der Waals surface area contributed by atoms with Crippen molar-refractivity contribution < 1.29 is 9.47 Å².